The second-order valence-corrected chi connectivity index (χ2v) is 8.74. The SMILES string of the molecule is CCOP(=O)(OCC)[C@H](C)CC(=O)[C@H](C)NC(=O)OC(C)(C)C. The summed E-state index contributed by atoms with van der Waals surface area (Å²) >= 11 is 0. The lowest BCUT2D eigenvalue weighted by Crippen LogP contribution is -2.42. The second-order valence-electron chi connectivity index (χ2n) is 6.26. The van der Waals surface area contributed by atoms with Crippen LogP contribution in [0.15, 0.2) is 0 Å². The van der Waals surface area contributed by atoms with Crippen molar-refractivity contribution in [2.45, 2.75) is 72.2 Å². The molecule has 136 valence electrons. The Hall–Kier alpha value is -0.910. The molecule has 0 aliphatic heterocycles. The molecule has 2 atom stereocenters. The number of Topliss-reactive ketones (excluding diaryl/α,β-unsaturated/α-hetero) is 1. The minimum atomic E-state index is -3.34. The van der Waals surface area contributed by atoms with E-state index in [1.165, 1.54) is 0 Å². The molecule has 0 spiro atoms. The maximum absolute atomic E-state index is 12.6. The molecule has 0 heterocycles. The molecule has 0 unspecified atom stereocenters. The Morgan fingerprint density at radius 1 is 1.09 bits per heavy atom. The summed E-state index contributed by atoms with van der Waals surface area (Å²) in [6.45, 7) is 12.3. The predicted octanol–water partition coefficient (Wildman–Crippen LogP) is 3.51. The van der Waals surface area contributed by atoms with Crippen molar-refractivity contribution in [3.05, 3.63) is 0 Å². The highest BCUT2D eigenvalue weighted by molar-refractivity contribution is 7.54. The van der Waals surface area contributed by atoms with Gasteiger partial charge in [-0.05, 0) is 41.5 Å². The Balaban J connectivity index is 4.66. The summed E-state index contributed by atoms with van der Waals surface area (Å²) in [4.78, 5) is 23.9. The highest BCUT2D eigenvalue weighted by Crippen LogP contribution is 2.54. The quantitative estimate of drug-likeness (QED) is 0.639. The van der Waals surface area contributed by atoms with E-state index >= 15 is 0 Å². The Kier molecular flexibility index (Phi) is 9.03. The molecule has 1 amide bonds. The van der Waals surface area contributed by atoms with Crippen LogP contribution in [0.3, 0.4) is 0 Å². The maximum Gasteiger partial charge on any atom is 0.408 e. The summed E-state index contributed by atoms with van der Waals surface area (Å²) in [5, 5.41) is 2.47. The molecule has 0 fully saturated rings. The maximum atomic E-state index is 12.6. The van der Waals surface area contributed by atoms with Crippen molar-refractivity contribution in [2.75, 3.05) is 13.2 Å². The van der Waals surface area contributed by atoms with Gasteiger partial charge in [-0.2, -0.15) is 0 Å². The predicted molar refractivity (Wildman–Crippen MR) is 88.8 cm³/mol. The number of rotatable bonds is 9. The van der Waals surface area contributed by atoms with E-state index < -0.39 is 31.0 Å². The molecule has 0 saturated carbocycles. The molecule has 0 aromatic rings. The lowest BCUT2D eigenvalue weighted by atomic mass is 10.1. The van der Waals surface area contributed by atoms with Crippen LogP contribution in [0.2, 0.25) is 0 Å². The Morgan fingerprint density at radius 2 is 1.57 bits per heavy atom. The fraction of sp³-hybridized carbons (Fsp3) is 0.867. The van der Waals surface area contributed by atoms with Gasteiger partial charge >= 0.3 is 13.7 Å². The lowest BCUT2D eigenvalue weighted by Gasteiger charge is -2.24. The number of hydrogen-bond donors (Lipinski definition) is 1. The van der Waals surface area contributed by atoms with Crippen molar-refractivity contribution in [1.82, 2.24) is 5.32 Å². The van der Waals surface area contributed by atoms with Crippen LogP contribution in [-0.4, -0.2) is 42.4 Å². The van der Waals surface area contributed by atoms with E-state index in [-0.39, 0.29) is 25.4 Å². The van der Waals surface area contributed by atoms with Crippen molar-refractivity contribution in [2.24, 2.45) is 0 Å². The fourth-order valence-corrected chi connectivity index (χ4v) is 3.50. The molecule has 0 saturated heterocycles. The molecule has 0 aliphatic carbocycles. The van der Waals surface area contributed by atoms with Gasteiger partial charge in [-0.3, -0.25) is 9.36 Å². The largest absolute Gasteiger partial charge is 0.444 e. The fourth-order valence-electron chi connectivity index (χ4n) is 1.80. The third-order valence-corrected chi connectivity index (χ3v) is 5.37. The number of carbonyl (C=O) groups is 2. The zero-order valence-corrected chi connectivity index (χ0v) is 16.1. The van der Waals surface area contributed by atoms with Crippen molar-refractivity contribution >= 4 is 19.5 Å². The molecular formula is C15H30NO6P. The third kappa shape index (κ3) is 8.49. The minimum Gasteiger partial charge on any atom is -0.444 e. The van der Waals surface area contributed by atoms with Crippen molar-refractivity contribution in [3.8, 4) is 0 Å². The van der Waals surface area contributed by atoms with Crippen LogP contribution in [0, 0.1) is 0 Å². The van der Waals surface area contributed by atoms with Crippen LogP contribution in [0.1, 0.15) is 54.9 Å². The molecule has 7 nitrogen and oxygen atoms in total. The number of alkyl carbamates (subject to hydrolysis) is 1. The molecule has 0 aliphatic rings. The number of amides is 1. The minimum absolute atomic E-state index is 0.0196. The number of carbonyl (C=O) groups excluding carboxylic acids is 2. The highest BCUT2D eigenvalue weighted by atomic mass is 31.2. The first-order valence-electron chi connectivity index (χ1n) is 7.86. The van der Waals surface area contributed by atoms with Gasteiger partial charge in [-0.25, -0.2) is 4.79 Å². The number of nitrogens with one attached hydrogen (secondary N) is 1. The molecule has 1 N–H and O–H groups in total. The Morgan fingerprint density at radius 3 is 1.96 bits per heavy atom. The number of hydrogen-bond acceptors (Lipinski definition) is 6. The summed E-state index contributed by atoms with van der Waals surface area (Å²) in [6.07, 6.45) is -0.683. The monoisotopic (exact) mass is 351 g/mol. The second kappa shape index (κ2) is 9.40. The summed E-state index contributed by atoms with van der Waals surface area (Å²) in [5.74, 6) is -0.261. The van der Waals surface area contributed by atoms with E-state index in [9.17, 15) is 14.2 Å². The van der Waals surface area contributed by atoms with Gasteiger partial charge in [0.25, 0.3) is 0 Å². The van der Waals surface area contributed by atoms with Gasteiger partial charge in [0, 0.05) is 6.42 Å². The van der Waals surface area contributed by atoms with E-state index in [0.717, 1.165) is 0 Å². The van der Waals surface area contributed by atoms with E-state index in [4.69, 9.17) is 13.8 Å². The van der Waals surface area contributed by atoms with Crippen molar-refractivity contribution in [1.29, 1.82) is 0 Å². The number of ether oxygens (including phenoxy) is 1. The molecule has 8 heteroatoms. The third-order valence-electron chi connectivity index (χ3n) is 2.87. The average molecular weight is 351 g/mol. The molecule has 0 aromatic carbocycles. The van der Waals surface area contributed by atoms with Crippen LogP contribution in [0.25, 0.3) is 0 Å². The van der Waals surface area contributed by atoms with Gasteiger partial charge in [0.2, 0.25) is 0 Å². The summed E-state index contributed by atoms with van der Waals surface area (Å²) in [7, 11) is -3.34. The van der Waals surface area contributed by atoms with E-state index in [2.05, 4.69) is 5.32 Å². The van der Waals surface area contributed by atoms with Gasteiger partial charge in [0.05, 0.1) is 24.9 Å². The van der Waals surface area contributed by atoms with E-state index in [0.29, 0.717) is 0 Å². The van der Waals surface area contributed by atoms with Crippen LogP contribution in [0.4, 0.5) is 4.79 Å². The Labute approximate surface area is 139 Å². The zero-order chi connectivity index (χ0) is 18.3. The zero-order valence-electron chi connectivity index (χ0n) is 15.2. The topological polar surface area (TPSA) is 90.9 Å². The normalized spacial score (nSPS) is 14.9. The Bertz CT molecular complexity index is 436. The standard InChI is InChI=1S/C15H30NO6P/c1-8-20-23(19,21-9-2)11(3)10-13(17)12(4)16-14(18)22-15(5,6)7/h11-12H,8-10H2,1-7H3,(H,16,18)/t11-,12+/m1/s1. The molecule has 0 rings (SSSR count). The lowest BCUT2D eigenvalue weighted by molar-refractivity contribution is -0.120. The summed E-state index contributed by atoms with van der Waals surface area (Å²) in [6, 6.07) is -0.746. The van der Waals surface area contributed by atoms with Gasteiger partial charge in [-0.1, -0.05) is 6.92 Å². The van der Waals surface area contributed by atoms with Crippen molar-refractivity contribution in [3.63, 3.8) is 0 Å². The van der Waals surface area contributed by atoms with Gasteiger partial charge < -0.3 is 19.1 Å². The van der Waals surface area contributed by atoms with Crippen LogP contribution in [0.5, 0.6) is 0 Å². The highest BCUT2D eigenvalue weighted by Gasteiger charge is 2.34. The molecule has 0 aromatic heterocycles. The molecule has 23 heavy (non-hydrogen) atoms. The van der Waals surface area contributed by atoms with E-state index in [1.807, 2.05) is 0 Å². The van der Waals surface area contributed by atoms with Crippen molar-refractivity contribution < 1.29 is 27.9 Å². The summed E-state index contributed by atoms with van der Waals surface area (Å²) < 4.78 is 28.1. The number of ketones is 1. The van der Waals surface area contributed by atoms with Gasteiger partial charge in [0.15, 0.2) is 5.78 Å². The first kappa shape index (κ1) is 22.1. The average Bonchev–Trinajstić information content (AvgIpc) is 2.36. The smallest absolute Gasteiger partial charge is 0.408 e. The van der Waals surface area contributed by atoms with Crippen LogP contribution in [-0.2, 0) is 23.1 Å². The summed E-state index contributed by atoms with van der Waals surface area (Å²) in [5.41, 5.74) is -1.22. The van der Waals surface area contributed by atoms with Crippen LogP contribution >= 0.6 is 7.60 Å². The molecular weight excluding hydrogens is 321 g/mol. The van der Waals surface area contributed by atoms with Gasteiger partial charge in [0.1, 0.15) is 5.60 Å². The first-order valence-corrected chi connectivity index (χ1v) is 9.47. The molecule has 0 radical (unpaired) electrons. The molecule has 0 bridgehead atoms. The van der Waals surface area contributed by atoms with E-state index in [1.54, 1.807) is 48.5 Å². The van der Waals surface area contributed by atoms with Gasteiger partial charge in [-0.15, -0.1) is 0 Å². The first-order chi connectivity index (χ1) is 10.4. The van der Waals surface area contributed by atoms with Crippen LogP contribution < -0.4 is 5.32 Å².